The normalized spacial score (nSPS) is 21.1. The molecule has 31 heavy (non-hydrogen) atoms. The van der Waals surface area contributed by atoms with Crippen molar-refractivity contribution in [3.05, 3.63) is 59.1 Å². The minimum atomic E-state index is 0.0238. The van der Waals surface area contributed by atoms with Crippen molar-refractivity contribution in [3.8, 4) is 0 Å². The molecule has 3 N–H and O–H groups in total. The van der Waals surface area contributed by atoms with Crippen LogP contribution in [0.1, 0.15) is 40.3 Å². The summed E-state index contributed by atoms with van der Waals surface area (Å²) in [5.74, 6) is 1.39. The number of nitrogens with zero attached hydrogens (tertiary/aromatic N) is 4. The fourth-order valence-corrected chi connectivity index (χ4v) is 5.67. The average Bonchev–Trinajstić information content (AvgIpc) is 2.72. The Balaban J connectivity index is 1.34. The van der Waals surface area contributed by atoms with Crippen LogP contribution in [0.15, 0.2) is 31.1 Å². The van der Waals surface area contributed by atoms with Crippen LogP contribution >= 0.6 is 0 Å². The lowest BCUT2D eigenvalue weighted by atomic mass is 9.72. The molecular weight excluding hydrogens is 388 g/mol. The largest absolute Gasteiger partial charge is 0.398 e. The second-order valence-corrected chi connectivity index (χ2v) is 9.26. The molecule has 7 nitrogen and oxygen atoms in total. The first kappa shape index (κ1) is 19.7. The number of aryl methyl sites for hydroxylation is 1. The minimum Gasteiger partial charge on any atom is -0.398 e. The SMILES string of the molecule is C=CC(=O)N1CC2(C1)CN(c1ncnc3c1CCC(c1c(C)ccc(N)c1C=N)C3)C2. The van der Waals surface area contributed by atoms with Crippen LogP contribution in [0.3, 0.4) is 0 Å². The van der Waals surface area contributed by atoms with E-state index >= 15 is 0 Å². The first-order valence-electron chi connectivity index (χ1n) is 10.8. The second kappa shape index (κ2) is 7.18. The van der Waals surface area contributed by atoms with E-state index in [1.165, 1.54) is 29.0 Å². The van der Waals surface area contributed by atoms with Gasteiger partial charge in [-0.15, -0.1) is 0 Å². The summed E-state index contributed by atoms with van der Waals surface area (Å²) in [5, 5.41) is 7.86. The van der Waals surface area contributed by atoms with Crippen molar-refractivity contribution < 1.29 is 4.79 Å². The van der Waals surface area contributed by atoms with E-state index in [4.69, 9.17) is 11.1 Å². The van der Waals surface area contributed by atoms with Gasteiger partial charge in [0.25, 0.3) is 0 Å². The van der Waals surface area contributed by atoms with Crippen molar-refractivity contribution in [2.45, 2.75) is 32.1 Å². The molecule has 2 aliphatic heterocycles. The number of nitrogen functional groups attached to an aromatic ring is 1. The third-order valence-electron chi connectivity index (χ3n) is 7.18. The number of rotatable bonds is 4. The van der Waals surface area contributed by atoms with E-state index < -0.39 is 0 Å². The van der Waals surface area contributed by atoms with E-state index in [1.54, 1.807) is 6.33 Å². The number of benzene rings is 1. The number of carbonyl (C=O) groups is 1. The summed E-state index contributed by atoms with van der Waals surface area (Å²) < 4.78 is 0. The highest BCUT2D eigenvalue weighted by atomic mass is 16.2. The molecule has 5 rings (SSSR count). The van der Waals surface area contributed by atoms with Crippen molar-refractivity contribution in [2.24, 2.45) is 5.41 Å². The van der Waals surface area contributed by atoms with Crippen molar-refractivity contribution in [2.75, 3.05) is 36.8 Å². The number of carbonyl (C=O) groups excluding carboxylic acids is 1. The first-order chi connectivity index (χ1) is 14.9. The maximum absolute atomic E-state index is 11.8. The van der Waals surface area contributed by atoms with Crippen molar-refractivity contribution in [3.63, 3.8) is 0 Å². The van der Waals surface area contributed by atoms with Crippen LogP contribution in [-0.2, 0) is 17.6 Å². The zero-order chi connectivity index (χ0) is 21.8. The van der Waals surface area contributed by atoms with Gasteiger partial charge >= 0.3 is 0 Å². The highest BCUT2D eigenvalue weighted by molar-refractivity contribution is 5.88. The van der Waals surface area contributed by atoms with Gasteiger partial charge in [-0.1, -0.05) is 12.6 Å². The van der Waals surface area contributed by atoms with Crippen LogP contribution in [0.5, 0.6) is 0 Å². The molecule has 1 amide bonds. The first-order valence-corrected chi connectivity index (χ1v) is 10.8. The molecule has 3 aliphatic rings. The predicted molar refractivity (Wildman–Crippen MR) is 122 cm³/mol. The second-order valence-electron chi connectivity index (χ2n) is 9.26. The van der Waals surface area contributed by atoms with Gasteiger partial charge in [0.05, 0.1) is 0 Å². The topological polar surface area (TPSA) is 99.2 Å². The minimum absolute atomic E-state index is 0.0238. The number of hydrogen-bond donors (Lipinski definition) is 2. The van der Waals surface area contributed by atoms with Gasteiger partial charge in [0.15, 0.2) is 0 Å². The molecule has 1 aromatic heterocycles. The summed E-state index contributed by atoms with van der Waals surface area (Å²) in [6.07, 6.45) is 7.23. The molecule has 0 bridgehead atoms. The van der Waals surface area contributed by atoms with Gasteiger partial charge in [0.1, 0.15) is 12.1 Å². The van der Waals surface area contributed by atoms with Crippen LogP contribution in [0.4, 0.5) is 11.5 Å². The van der Waals surface area contributed by atoms with E-state index in [0.29, 0.717) is 11.6 Å². The third-order valence-corrected chi connectivity index (χ3v) is 7.18. The maximum atomic E-state index is 11.8. The summed E-state index contributed by atoms with van der Waals surface area (Å²) in [5.41, 5.74) is 12.6. The number of fused-ring (bicyclic) bond motifs is 1. The Bertz CT molecular complexity index is 1080. The van der Waals surface area contributed by atoms with Crippen LogP contribution in [-0.4, -0.2) is 53.2 Å². The van der Waals surface area contributed by atoms with Crippen molar-refractivity contribution in [1.29, 1.82) is 5.41 Å². The van der Waals surface area contributed by atoms with Crippen LogP contribution in [0.25, 0.3) is 0 Å². The van der Waals surface area contributed by atoms with Gasteiger partial charge < -0.3 is 20.9 Å². The Morgan fingerprint density at radius 2 is 2.06 bits per heavy atom. The Hall–Kier alpha value is -3.22. The quantitative estimate of drug-likeness (QED) is 0.453. The van der Waals surface area contributed by atoms with E-state index in [2.05, 4.69) is 34.4 Å². The van der Waals surface area contributed by atoms with Gasteiger partial charge in [-0.3, -0.25) is 4.79 Å². The molecule has 3 heterocycles. The van der Waals surface area contributed by atoms with Gasteiger partial charge in [0.2, 0.25) is 5.91 Å². The fraction of sp³-hybridized carbons (Fsp3) is 0.417. The molecule has 1 spiro atoms. The monoisotopic (exact) mass is 416 g/mol. The van der Waals surface area contributed by atoms with E-state index in [9.17, 15) is 4.79 Å². The van der Waals surface area contributed by atoms with Crippen LogP contribution in [0, 0.1) is 17.7 Å². The predicted octanol–water partition coefficient (Wildman–Crippen LogP) is 2.47. The number of anilines is 2. The lowest BCUT2D eigenvalue weighted by Crippen LogP contribution is -2.73. The summed E-state index contributed by atoms with van der Waals surface area (Å²) in [7, 11) is 0. The summed E-state index contributed by atoms with van der Waals surface area (Å²) in [4.78, 5) is 25.2. The molecule has 1 aliphatic carbocycles. The Labute approximate surface area is 182 Å². The van der Waals surface area contributed by atoms with Crippen LogP contribution in [0.2, 0.25) is 0 Å². The van der Waals surface area contributed by atoms with Crippen LogP contribution < -0.4 is 10.6 Å². The molecule has 2 saturated heterocycles. The highest BCUT2D eigenvalue weighted by Crippen LogP contribution is 2.44. The van der Waals surface area contributed by atoms with E-state index in [-0.39, 0.29) is 11.3 Å². The highest BCUT2D eigenvalue weighted by Gasteiger charge is 2.53. The molecule has 1 atom stereocenters. The third kappa shape index (κ3) is 3.10. The van der Waals surface area contributed by atoms with Gasteiger partial charge in [-0.05, 0) is 55.4 Å². The summed E-state index contributed by atoms with van der Waals surface area (Å²) in [6.45, 7) is 9.17. The molecule has 160 valence electrons. The molecule has 2 aromatic rings. The van der Waals surface area contributed by atoms with Gasteiger partial charge in [-0.2, -0.15) is 0 Å². The number of hydrogen-bond acceptors (Lipinski definition) is 6. The molecule has 0 saturated carbocycles. The molecule has 7 heteroatoms. The fourth-order valence-electron chi connectivity index (χ4n) is 5.67. The standard InChI is InChI=1S/C24H28N6O/c1-3-21(31)29-10-24(11-29)12-30(13-24)23-17-6-5-16(8-20(17)27-14-28-23)22-15(2)4-7-19(26)18(22)9-25/h3-4,7,9,14,16,25H,1,5-6,8,10-13,26H2,2H3. The summed E-state index contributed by atoms with van der Waals surface area (Å²) in [6, 6.07) is 3.94. The molecule has 2 fully saturated rings. The number of aromatic nitrogens is 2. The molecule has 0 radical (unpaired) electrons. The summed E-state index contributed by atoms with van der Waals surface area (Å²) >= 11 is 0. The average molecular weight is 417 g/mol. The van der Waals surface area contributed by atoms with E-state index in [0.717, 1.165) is 62.5 Å². The maximum Gasteiger partial charge on any atom is 0.245 e. The molecular formula is C24H28N6O. The van der Waals surface area contributed by atoms with Crippen molar-refractivity contribution in [1.82, 2.24) is 14.9 Å². The van der Waals surface area contributed by atoms with E-state index in [1.807, 2.05) is 11.0 Å². The number of nitrogens with two attached hydrogens (primary N) is 1. The van der Waals surface area contributed by atoms with Gasteiger partial charge in [-0.25, -0.2) is 9.97 Å². The molecule has 1 unspecified atom stereocenters. The van der Waals surface area contributed by atoms with Gasteiger partial charge in [0, 0.05) is 60.3 Å². The number of nitrogens with one attached hydrogen (secondary N) is 1. The Morgan fingerprint density at radius 1 is 1.29 bits per heavy atom. The number of likely N-dealkylation sites (tertiary alicyclic amines) is 1. The number of amides is 1. The lowest BCUT2D eigenvalue weighted by Gasteiger charge is -2.60. The Kier molecular flexibility index (Phi) is 4.57. The van der Waals surface area contributed by atoms with Crippen molar-refractivity contribution >= 4 is 23.6 Å². The lowest BCUT2D eigenvalue weighted by molar-refractivity contribution is -0.139. The molecule has 1 aromatic carbocycles. The smallest absolute Gasteiger partial charge is 0.245 e. The zero-order valence-electron chi connectivity index (χ0n) is 17.9. The Morgan fingerprint density at radius 3 is 2.77 bits per heavy atom. The zero-order valence-corrected chi connectivity index (χ0v) is 17.9.